The number of hydrogen-bond donors (Lipinski definition) is 3. The van der Waals surface area contributed by atoms with Gasteiger partial charge in [-0.3, -0.25) is 0 Å². The lowest BCUT2D eigenvalue weighted by atomic mass is 10.1. The first kappa shape index (κ1) is 14.5. The molecule has 0 atom stereocenters. The van der Waals surface area contributed by atoms with Crippen LogP contribution in [-0.2, 0) is 6.54 Å². The van der Waals surface area contributed by atoms with Crippen molar-refractivity contribution in [1.29, 1.82) is 0 Å². The Labute approximate surface area is 126 Å². The van der Waals surface area contributed by atoms with Crippen molar-refractivity contribution >= 4 is 34.7 Å². The van der Waals surface area contributed by atoms with E-state index in [0.29, 0.717) is 22.2 Å². The fraction of sp³-hybridized carbons (Fsp3) is 0.0714. The van der Waals surface area contributed by atoms with Gasteiger partial charge in [-0.2, -0.15) is 0 Å². The smallest absolute Gasteiger partial charge is 0.170 e. The van der Waals surface area contributed by atoms with Crippen LogP contribution in [0.5, 0.6) is 0 Å². The van der Waals surface area contributed by atoms with Gasteiger partial charge in [0.2, 0.25) is 0 Å². The van der Waals surface area contributed by atoms with E-state index in [9.17, 15) is 0 Å². The highest BCUT2D eigenvalue weighted by Crippen LogP contribution is 2.25. The lowest BCUT2D eigenvalue weighted by Crippen LogP contribution is -2.13. The molecule has 0 fully saturated rings. The Morgan fingerprint density at radius 3 is 2.70 bits per heavy atom. The Bertz CT molecular complexity index is 644. The van der Waals surface area contributed by atoms with Crippen LogP contribution < -0.4 is 11.1 Å². The quantitative estimate of drug-likeness (QED) is 0.349. The first-order chi connectivity index (χ1) is 9.60. The molecular formula is C14H13Cl2N3O. The monoisotopic (exact) mass is 309 g/mol. The third kappa shape index (κ3) is 3.56. The number of nitrogens with zero attached hydrogens (tertiary/aromatic N) is 1. The molecular weight excluding hydrogens is 297 g/mol. The summed E-state index contributed by atoms with van der Waals surface area (Å²) in [5, 5.41) is 16.0. The van der Waals surface area contributed by atoms with Gasteiger partial charge in [0.25, 0.3) is 0 Å². The Morgan fingerprint density at radius 2 is 2.00 bits per heavy atom. The summed E-state index contributed by atoms with van der Waals surface area (Å²) < 4.78 is 0. The predicted molar refractivity (Wildman–Crippen MR) is 82.7 cm³/mol. The molecule has 4 N–H and O–H groups in total. The summed E-state index contributed by atoms with van der Waals surface area (Å²) in [5.41, 5.74) is 8.00. The molecule has 0 aliphatic carbocycles. The topological polar surface area (TPSA) is 70.6 Å². The molecule has 6 heteroatoms. The van der Waals surface area contributed by atoms with Gasteiger partial charge in [0.05, 0.1) is 10.7 Å². The van der Waals surface area contributed by atoms with Crippen molar-refractivity contribution < 1.29 is 5.21 Å². The molecule has 0 spiro atoms. The summed E-state index contributed by atoms with van der Waals surface area (Å²) in [5.74, 6) is 0.0800. The highest BCUT2D eigenvalue weighted by molar-refractivity contribution is 6.36. The lowest BCUT2D eigenvalue weighted by Gasteiger charge is -2.09. The number of nitrogens with one attached hydrogen (secondary N) is 1. The van der Waals surface area contributed by atoms with Gasteiger partial charge in [-0.25, -0.2) is 0 Å². The molecule has 0 saturated heterocycles. The van der Waals surface area contributed by atoms with Crippen LogP contribution in [0.3, 0.4) is 0 Å². The maximum absolute atomic E-state index is 8.67. The van der Waals surface area contributed by atoms with Crippen molar-refractivity contribution in [3.05, 3.63) is 63.6 Å². The SMILES string of the molecule is NC(=NO)c1cccc(CNc2ccc(Cl)cc2Cl)c1. The minimum absolute atomic E-state index is 0.0800. The van der Waals surface area contributed by atoms with E-state index in [-0.39, 0.29) is 5.84 Å². The molecule has 20 heavy (non-hydrogen) atoms. The number of nitrogens with two attached hydrogens (primary N) is 1. The highest BCUT2D eigenvalue weighted by atomic mass is 35.5. The fourth-order valence-corrected chi connectivity index (χ4v) is 2.20. The Hall–Kier alpha value is -1.91. The van der Waals surface area contributed by atoms with E-state index >= 15 is 0 Å². The number of hydrogen-bond acceptors (Lipinski definition) is 3. The predicted octanol–water partition coefficient (Wildman–Crippen LogP) is 3.70. The normalized spacial score (nSPS) is 11.4. The van der Waals surface area contributed by atoms with Gasteiger partial charge in [-0.1, -0.05) is 46.6 Å². The van der Waals surface area contributed by atoms with Crippen LogP contribution in [0.15, 0.2) is 47.6 Å². The molecule has 4 nitrogen and oxygen atoms in total. The molecule has 2 rings (SSSR count). The van der Waals surface area contributed by atoms with Gasteiger partial charge < -0.3 is 16.3 Å². The number of oxime groups is 1. The third-order valence-corrected chi connectivity index (χ3v) is 3.29. The van der Waals surface area contributed by atoms with Crippen LogP contribution in [-0.4, -0.2) is 11.0 Å². The van der Waals surface area contributed by atoms with Crippen molar-refractivity contribution in [3.63, 3.8) is 0 Å². The highest BCUT2D eigenvalue weighted by Gasteiger charge is 2.03. The fourth-order valence-electron chi connectivity index (χ4n) is 1.73. The first-order valence-corrected chi connectivity index (χ1v) is 6.61. The van der Waals surface area contributed by atoms with Gasteiger partial charge in [-0.15, -0.1) is 0 Å². The van der Waals surface area contributed by atoms with E-state index < -0.39 is 0 Å². The standard InChI is InChI=1S/C14H13Cl2N3O/c15-11-4-5-13(12(16)7-11)18-8-9-2-1-3-10(6-9)14(17)19-20/h1-7,18,20H,8H2,(H2,17,19). The molecule has 2 aromatic rings. The van der Waals surface area contributed by atoms with E-state index in [2.05, 4.69) is 10.5 Å². The van der Waals surface area contributed by atoms with Crippen LogP contribution in [0.4, 0.5) is 5.69 Å². The van der Waals surface area contributed by atoms with E-state index in [1.807, 2.05) is 24.3 Å². The number of benzene rings is 2. The summed E-state index contributed by atoms with van der Waals surface area (Å²) in [4.78, 5) is 0. The lowest BCUT2D eigenvalue weighted by molar-refractivity contribution is 0.318. The minimum Gasteiger partial charge on any atom is -0.409 e. The number of amidine groups is 1. The Morgan fingerprint density at radius 1 is 1.20 bits per heavy atom. The Balaban J connectivity index is 2.11. The van der Waals surface area contributed by atoms with Crippen LogP contribution in [0.1, 0.15) is 11.1 Å². The van der Waals surface area contributed by atoms with E-state index in [4.69, 9.17) is 34.1 Å². The molecule has 0 amide bonds. The minimum atomic E-state index is 0.0800. The molecule has 0 saturated carbocycles. The zero-order valence-electron chi connectivity index (χ0n) is 10.5. The summed E-state index contributed by atoms with van der Waals surface area (Å²) in [6.45, 7) is 0.563. The van der Waals surface area contributed by atoms with E-state index in [1.54, 1.807) is 18.2 Å². The molecule has 0 aliphatic heterocycles. The molecule has 2 aromatic carbocycles. The maximum atomic E-state index is 8.67. The number of halogens is 2. The first-order valence-electron chi connectivity index (χ1n) is 5.86. The van der Waals surface area contributed by atoms with Gasteiger partial charge in [0, 0.05) is 17.1 Å². The average molecular weight is 310 g/mol. The second-order valence-electron chi connectivity index (χ2n) is 4.16. The maximum Gasteiger partial charge on any atom is 0.170 e. The molecule has 0 bridgehead atoms. The van der Waals surface area contributed by atoms with E-state index in [1.165, 1.54) is 0 Å². The molecule has 0 unspecified atom stereocenters. The van der Waals surface area contributed by atoms with E-state index in [0.717, 1.165) is 11.3 Å². The van der Waals surface area contributed by atoms with Gasteiger partial charge in [-0.05, 0) is 29.8 Å². The van der Waals surface area contributed by atoms with Gasteiger partial charge in [0.15, 0.2) is 5.84 Å². The second-order valence-corrected chi connectivity index (χ2v) is 5.01. The summed E-state index contributed by atoms with van der Waals surface area (Å²) in [6.07, 6.45) is 0. The molecule has 0 aromatic heterocycles. The molecule has 104 valence electrons. The van der Waals surface area contributed by atoms with Crippen LogP contribution in [0.2, 0.25) is 10.0 Å². The van der Waals surface area contributed by atoms with Crippen molar-refractivity contribution in [3.8, 4) is 0 Å². The number of anilines is 1. The zero-order chi connectivity index (χ0) is 14.5. The van der Waals surface area contributed by atoms with Crippen LogP contribution in [0, 0.1) is 0 Å². The van der Waals surface area contributed by atoms with Crippen molar-refractivity contribution in [2.24, 2.45) is 10.9 Å². The molecule has 0 radical (unpaired) electrons. The summed E-state index contributed by atoms with van der Waals surface area (Å²) in [7, 11) is 0. The largest absolute Gasteiger partial charge is 0.409 e. The summed E-state index contributed by atoms with van der Waals surface area (Å²) in [6, 6.07) is 12.7. The third-order valence-electron chi connectivity index (χ3n) is 2.74. The van der Waals surface area contributed by atoms with Gasteiger partial charge in [0.1, 0.15) is 0 Å². The molecule has 0 aliphatic rings. The van der Waals surface area contributed by atoms with Crippen LogP contribution >= 0.6 is 23.2 Å². The zero-order valence-corrected chi connectivity index (χ0v) is 12.0. The number of rotatable bonds is 4. The van der Waals surface area contributed by atoms with Crippen molar-refractivity contribution in [2.75, 3.05) is 5.32 Å². The summed E-state index contributed by atoms with van der Waals surface area (Å²) >= 11 is 11.9. The van der Waals surface area contributed by atoms with Crippen molar-refractivity contribution in [2.45, 2.75) is 6.54 Å². The Kier molecular flexibility index (Phi) is 4.71. The van der Waals surface area contributed by atoms with Gasteiger partial charge >= 0.3 is 0 Å². The second kappa shape index (κ2) is 6.50. The molecule has 0 heterocycles. The van der Waals surface area contributed by atoms with Crippen LogP contribution in [0.25, 0.3) is 0 Å². The average Bonchev–Trinajstić information content (AvgIpc) is 2.46. The van der Waals surface area contributed by atoms with Crippen molar-refractivity contribution in [1.82, 2.24) is 0 Å².